The van der Waals surface area contributed by atoms with Crippen LogP contribution in [-0.2, 0) is 13.2 Å². The maximum absolute atomic E-state index is 9.28. The van der Waals surface area contributed by atoms with Gasteiger partial charge in [0.2, 0.25) is 0 Å². The molecule has 0 amide bonds. The summed E-state index contributed by atoms with van der Waals surface area (Å²) in [4.78, 5) is 0. The van der Waals surface area contributed by atoms with Crippen molar-refractivity contribution in [2.75, 3.05) is 0 Å². The minimum atomic E-state index is -0.0888. The molecule has 0 radical (unpaired) electrons. The van der Waals surface area contributed by atoms with Crippen LogP contribution in [0.3, 0.4) is 0 Å². The van der Waals surface area contributed by atoms with Gasteiger partial charge in [0.25, 0.3) is 0 Å². The average Bonchev–Trinajstić information content (AvgIpc) is 2.41. The summed E-state index contributed by atoms with van der Waals surface area (Å²) in [6.07, 6.45) is 0. The highest BCUT2D eigenvalue weighted by Crippen LogP contribution is 2.28. The summed E-state index contributed by atoms with van der Waals surface area (Å²) in [5.74, 6) is 1.24. The number of benzene rings is 2. The van der Waals surface area contributed by atoms with Crippen LogP contribution in [0.5, 0.6) is 11.5 Å². The lowest BCUT2D eigenvalue weighted by Gasteiger charge is -2.10. The van der Waals surface area contributed by atoms with Crippen LogP contribution in [0.4, 0.5) is 0 Å². The summed E-state index contributed by atoms with van der Waals surface area (Å²) >= 11 is 3.35. The summed E-state index contributed by atoms with van der Waals surface area (Å²) in [7, 11) is 0. The second-order valence-electron chi connectivity index (χ2n) is 3.82. The first-order chi connectivity index (χ1) is 8.72. The number of aliphatic hydroxyl groups is 2. The number of hydrogen-bond donors (Lipinski definition) is 2. The van der Waals surface area contributed by atoms with E-state index >= 15 is 0 Å². The van der Waals surface area contributed by atoms with E-state index in [1.54, 1.807) is 12.1 Å². The third kappa shape index (κ3) is 3.10. The van der Waals surface area contributed by atoms with Crippen LogP contribution in [0.2, 0.25) is 0 Å². The Hall–Kier alpha value is -1.36. The van der Waals surface area contributed by atoms with Crippen LogP contribution >= 0.6 is 15.9 Å². The fourth-order valence-corrected chi connectivity index (χ4v) is 2.01. The van der Waals surface area contributed by atoms with Gasteiger partial charge in [-0.05, 0) is 35.9 Å². The Morgan fingerprint density at radius 1 is 1.00 bits per heavy atom. The number of halogens is 1. The predicted octanol–water partition coefficient (Wildman–Crippen LogP) is 3.23. The lowest BCUT2D eigenvalue weighted by molar-refractivity contribution is 0.275. The zero-order chi connectivity index (χ0) is 13.0. The lowest BCUT2D eigenvalue weighted by Crippen LogP contribution is -1.92. The Labute approximate surface area is 114 Å². The highest BCUT2D eigenvalue weighted by Gasteiger charge is 2.05. The van der Waals surface area contributed by atoms with Gasteiger partial charge in [-0.1, -0.05) is 28.1 Å². The minimum absolute atomic E-state index is 0.0234. The van der Waals surface area contributed by atoms with Crippen molar-refractivity contribution in [1.82, 2.24) is 0 Å². The second kappa shape index (κ2) is 6.00. The summed E-state index contributed by atoms with van der Waals surface area (Å²) < 4.78 is 6.60. The Balaban J connectivity index is 2.27. The van der Waals surface area contributed by atoms with Crippen molar-refractivity contribution < 1.29 is 14.9 Å². The normalized spacial score (nSPS) is 10.4. The van der Waals surface area contributed by atoms with E-state index in [0.717, 1.165) is 10.0 Å². The molecule has 0 saturated heterocycles. The largest absolute Gasteiger partial charge is 0.457 e. The lowest BCUT2D eigenvalue weighted by atomic mass is 10.2. The molecule has 0 aliphatic heterocycles. The topological polar surface area (TPSA) is 49.7 Å². The first kappa shape index (κ1) is 13.1. The van der Waals surface area contributed by atoms with Gasteiger partial charge in [-0.15, -0.1) is 0 Å². The molecule has 4 heteroatoms. The average molecular weight is 309 g/mol. The standard InChI is InChI=1S/C14H13BrO3/c15-12-4-5-14(11(7-12)9-17)18-13-3-1-2-10(6-13)8-16/h1-7,16-17H,8-9H2. The highest BCUT2D eigenvalue weighted by atomic mass is 79.9. The SMILES string of the molecule is OCc1cccc(Oc2ccc(Br)cc2CO)c1. The van der Waals surface area contributed by atoms with Gasteiger partial charge in [0.15, 0.2) is 0 Å². The third-order valence-corrected chi connectivity index (χ3v) is 2.99. The summed E-state index contributed by atoms with van der Waals surface area (Å²) in [6.45, 7) is -0.112. The molecule has 0 atom stereocenters. The molecular formula is C14H13BrO3. The van der Waals surface area contributed by atoms with Crippen molar-refractivity contribution in [1.29, 1.82) is 0 Å². The van der Waals surface area contributed by atoms with Crippen LogP contribution in [0.25, 0.3) is 0 Å². The van der Waals surface area contributed by atoms with Crippen molar-refractivity contribution in [3.05, 3.63) is 58.1 Å². The van der Waals surface area contributed by atoms with E-state index in [1.807, 2.05) is 30.3 Å². The quantitative estimate of drug-likeness (QED) is 0.911. The van der Waals surface area contributed by atoms with Crippen molar-refractivity contribution >= 4 is 15.9 Å². The van der Waals surface area contributed by atoms with Crippen molar-refractivity contribution in [2.45, 2.75) is 13.2 Å². The molecule has 2 rings (SSSR count). The molecule has 2 aromatic rings. The summed E-state index contributed by atoms with van der Waals surface area (Å²) in [6, 6.07) is 12.7. The van der Waals surface area contributed by atoms with Crippen molar-refractivity contribution in [3.8, 4) is 11.5 Å². The fraction of sp³-hybridized carbons (Fsp3) is 0.143. The fourth-order valence-electron chi connectivity index (χ4n) is 1.61. The Kier molecular flexibility index (Phi) is 4.36. The van der Waals surface area contributed by atoms with Gasteiger partial charge < -0.3 is 14.9 Å². The molecule has 0 spiro atoms. The Morgan fingerprint density at radius 3 is 2.56 bits per heavy atom. The Morgan fingerprint density at radius 2 is 1.83 bits per heavy atom. The molecule has 0 aromatic heterocycles. The molecule has 0 aliphatic carbocycles. The van der Waals surface area contributed by atoms with Gasteiger partial charge in [0.05, 0.1) is 13.2 Å². The molecule has 0 fully saturated rings. The predicted molar refractivity (Wildman–Crippen MR) is 72.5 cm³/mol. The van der Waals surface area contributed by atoms with E-state index in [2.05, 4.69) is 15.9 Å². The zero-order valence-corrected chi connectivity index (χ0v) is 11.2. The number of aliphatic hydroxyl groups excluding tert-OH is 2. The number of hydrogen-bond acceptors (Lipinski definition) is 3. The zero-order valence-electron chi connectivity index (χ0n) is 9.64. The maximum Gasteiger partial charge on any atom is 0.133 e. The smallest absolute Gasteiger partial charge is 0.133 e. The van der Waals surface area contributed by atoms with Gasteiger partial charge in [0.1, 0.15) is 11.5 Å². The molecule has 94 valence electrons. The van der Waals surface area contributed by atoms with Crippen LogP contribution in [0.1, 0.15) is 11.1 Å². The minimum Gasteiger partial charge on any atom is -0.457 e. The highest BCUT2D eigenvalue weighted by molar-refractivity contribution is 9.10. The van der Waals surface area contributed by atoms with Crippen molar-refractivity contribution in [3.63, 3.8) is 0 Å². The van der Waals surface area contributed by atoms with E-state index in [9.17, 15) is 5.11 Å². The Bertz CT molecular complexity index is 540. The third-order valence-electron chi connectivity index (χ3n) is 2.50. The molecule has 2 N–H and O–H groups in total. The molecule has 2 aromatic carbocycles. The second-order valence-corrected chi connectivity index (χ2v) is 4.73. The monoisotopic (exact) mass is 308 g/mol. The van der Waals surface area contributed by atoms with E-state index in [-0.39, 0.29) is 13.2 Å². The maximum atomic E-state index is 9.28. The van der Waals surface area contributed by atoms with Gasteiger partial charge in [-0.25, -0.2) is 0 Å². The van der Waals surface area contributed by atoms with Gasteiger partial charge in [0, 0.05) is 10.0 Å². The number of ether oxygens (including phenoxy) is 1. The molecule has 0 heterocycles. The molecule has 3 nitrogen and oxygen atoms in total. The molecule has 0 bridgehead atoms. The van der Waals surface area contributed by atoms with Crippen molar-refractivity contribution in [2.24, 2.45) is 0 Å². The van der Waals surface area contributed by atoms with E-state index in [0.29, 0.717) is 17.1 Å². The molecule has 0 unspecified atom stereocenters. The first-order valence-corrected chi connectivity index (χ1v) is 6.29. The molecule has 18 heavy (non-hydrogen) atoms. The van der Waals surface area contributed by atoms with Crippen LogP contribution in [0.15, 0.2) is 46.9 Å². The van der Waals surface area contributed by atoms with Crippen LogP contribution < -0.4 is 4.74 Å². The molecule has 0 aliphatic rings. The van der Waals surface area contributed by atoms with E-state index in [4.69, 9.17) is 9.84 Å². The van der Waals surface area contributed by atoms with E-state index in [1.165, 1.54) is 0 Å². The van der Waals surface area contributed by atoms with Crippen LogP contribution in [0, 0.1) is 0 Å². The van der Waals surface area contributed by atoms with E-state index < -0.39 is 0 Å². The van der Waals surface area contributed by atoms with Gasteiger partial charge in [-0.2, -0.15) is 0 Å². The number of rotatable bonds is 4. The summed E-state index contributed by atoms with van der Waals surface area (Å²) in [5.41, 5.74) is 1.49. The first-order valence-electron chi connectivity index (χ1n) is 5.50. The summed E-state index contributed by atoms with van der Waals surface area (Å²) in [5, 5.41) is 18.3. The van der Waals surface area contributed by atoms with Crippen LogP contribution in [-0.4, -0.2) is 10.2 Å². The van der Waals surface area contributed by atoms with Gasteiger partial charge >= 0.3 is 0 Å². The van der Waals surface area contributed by atoms with Gasteiger partial charge in [-0.3, -0.25) is 0 Å². The molecule has 0 saturated carbocycles. The molecular weight excluding hydrogens is 296 g/mol.